The predicted molar refractivity (Wildman–Crippen MR) is 39.7 cm³/mol. The van der Waals surface area contributed by atoms with Crippen LogP contribution in [0.4, 0.5) is 0 Å². The summed E-state index contributed by atoms with van der Waals surface area (Å²) in [5.41, 5.74) is 0. The fourth-order valence-electron chi connectivity index (χ4n) is 0.224. The monoisotopic (exact) mass is 154 g/mol. The lowest BCUT2D eigenvalue weighted by Crippen LogP contribution is -1.85. The van der Waals surface area contributed by atoms with Gasteiger partial charge in [-0.05, 0) is 12.8 Å². The Bertz CT molecular complexity index is 21.7. The smallest absolute Gasteiger partial charge is 0.0431 e. The Hall–Kier alpha value is -0.160. The first kappa shape index (κ1) is 16.4. The quantitative estimate of drug-likeness (QED) is 0.392. The average Bonchev–Trinajstić information content (AvgIpc) is 2.08. The Kier molecular flexibility index (Phi) is 60.6. The molecule has 0 aromatic heterocycles. The van der Waals surface area contributed by atoms with Gasteiger partial charge >= 0.3 is 0 Å². The van der Waals surface area contributed by atoms with Gasteiger partial charge in [-0.15, -0.1) is 0 Å². The second-order valence-corrected chi connectivity index (χ2v) is 1.15. The normalized spacial score (nSPS) is 6.60. The number of rotatable bonds is 3. The third kappa shape index (κ3) is 45.5. The third-order valence-corrected chi connectivity index (χ3v) is 0.566. The molecule has 0 aliphatic rings. The van der Waals surface area contributed by atoms with E-state index in [2.05, 4.69) is 0 Å². The fourth-order valence-corrected chi connectivity index (χ4v) is 0.224. The highest BCUT2D eigenvalue weighted by Gasteiger charge is 1.77. The van der Waals surface area contributed by atoms with Crippen LogP contribution in [0.2, 0.25) is 0 Å². The van der Waals surface area contributed by atoms with Gasteiger partial charge in [-0.3, -0.25) is 0 Å². The van der Waals surface area contributed by atoms with Crippen LogP contribution in [-0.2, 0) is 0 Å². The molecule has 0 aromatic carbocycles. The lowest BCUT2D eigenvalue weighted by Gasteiger charge is -1.85. The van der Waals surface area contributed by atoms with E-state index >= 15 is 0 Å². The van der Waals surface area contributed by atoms with E-state index in [1.807, 2.05) is 0 Å². The summed E-state index contributed by atoms with van der Waals surface area (Å²) in [5, 5.41) is 30.2. The Morgan fingerprint density at radius 3 is 1.00 bits per heavy atom. The molecule has 0 saturated heterocycles. The van der Waals surface area contributed by atoms with Gasteiger partial charge < -0.3 is 20.4 Å². The van der Waals surface area contributed by atoms with Crippen molar-refractivity contribution in [2.45, 2.75) is 12.8 Å². The van der Waals surface area contributed by atoms with E-state index in [1.165, 1.54) is 0 Å². The van der Waals surface area contributed by atoms with Crippen LogP contribution in [0.25, 0.3) is 0 Å². The van der Waals surface area contributed by atoms with Crippen molar-refractivity contribution in [3.05, 3.63) is 0 Å². The molecule has 0 bridgehead atoms. The van der Waals surface area contributed by atoms with Crippen LogP contribution < -0.4 is 0 Å². The van der Waals surface area contributed by atoms with Crippen molar-refractivity contribution >= 4 is 0 Å². The minimum atomic E-state index is 0.195. The van der Waals surface area contributed by atoms with E-state index in [0.29, 0.717) is 0 Å². The molecule has 0 rings (SSSR count). The zero-order chi connectivity index (χ0) is 8.83. The number of unbranched alkanes of at least 4 members (excludes halogenated alkanes) is 1. The maximum Gasteiger partial charge on any atom is 0.0431 e. The maximum atomic E-state index is 8.09. The molecule has 4 nitrogen and oxygen atoms in total. The molecule has 0 atom stereocenters. The molecule has 4 heteroatoms. The van der Waals surface area contributed by atoms with Gasteiger partial charge in [-0.25, -0.2) is 0 Å². The van der Waals surface area contributed by atoms with Crippen LogP contribution in [0.3, 0.4) is 0 Å². The Labute approximate surface area is 61.8 Å². The van der Waals surface area contributed by atoms with Gasteiger partial charge in [0.1, 0.15) is 0 Å². The van der Waals surface area contributed by atoms with Crippen molar-refractivity contribution in [2.75, 3.05) is 27.4 Å². The molecule has 0 aliphatic carbocycles. The van der Waals surface area contributed by atoms with E-state index in [1.54, 1.807) is 0 Å². The lowest BCUT2D eigenvalue weighted by atomic mass is 10.3. The molecular weight excluding hydrogens is 136 g/mol. The van der Waals surface area contributed by atoms with Crippen LogP contribution in [-0.4, -0.2) is 47.9 Å². The molecule has 0 aliphatic heterocycles. The highest BCUT2D eigenvalue weighted by Crippen LogP contribution is 1.80. The summed E-state index contributed by atoms with van der Waals surface area (Å²) in [5.74, 6) is 0. The van der Waals surface area contributed by atoms with Crippen LogP contribution >= 0.6 is 0 Å². The van der Waals surface area contributed by atoms with Crippen LogP contribution in [0.15, 0.2) is 0 Å². The van der Waals surface area contributed by atoms with E-state index in [-0.39, 0.29) is 13.2 Å². The molecular formula is C6H18O4. The van der Waals surface area contributed by atoms with E-state index in [4.69, 9.17) is 20.4 Å². The molecule has 10 heavy (non-hydrogen) atoms. The second kappa shape index (κ2) is 36.8. The summed E-state index contributed by atoms with van der Waals surface area (Å²) in [4.78, 5) is 0. The number of aliphatic hydroxyl groups excluding tert-OH is 4. The SMILES string of the molecule is CO.CO.OCCCCO. The van der Waals surface area contributed by atoms with Crippen LogP contribution in [0, 0.1) is 0 Å². The van der Waals surface area contributed by atoms with Gasteiger partial charge in [0.2, 0.25) is 0 Å². The minimum absolute atomic E-state index is 0.195. The van der Waals surface area contributed by atoms with Crippen LogP contribution in [0.1, 0.15) is 12.8 Å². The summed E-state index contributed by atoms with van der Waals surface area (Å²) in [6, 6.07) is 0. The summed E-state index contributed by atoms with van der Waals surface area (Å²) in [6.07, 6.45) is 1.44. The topological polar surface area (TPSA) is 80.9 Å². The molecule has 0 heterocycles. The van der Waals surface area contributed by atoms with Gasteiger partial charge in [-0.2, -0.15) is 0 Å². The van der Waals surface area contributed by atoms with Crippen molar-refractivity contribution < 1.29 is 20.4 Å². The van der Waals surface area contributed by atoms with Gasteiger partial charge in [0.05, 0.1) is 0 Å². The summed E-state index contributed by atoms with van der Waals surface area (Å²) >= 11 is 0. The highest BCUT2D eigenvalue weighted by atomic mass is 16.3. The van der Waals surface area contributed by atoms with Crippen molar-refractivity contribution in [2.24, 2.45) is 0 Å². The summed E-state index contributed by atoms with van der Waals surface area (Å²) < 4.78 is 0. The summed E-state index contributed by atoms with van der Waals surface area (Å²) in [7, 11) is 2.00. The number of hydrogen-bond donors (Lipinski definition) is 4. The van der Waals surface area contributed by atoms with Gasteiger partial charge in [0, 0.05) is 27.4 Å². The number of aliphatic hydroxyl groups is 4. The minimum Gasteiger partial charge on any atom is -0.400 e. The maximum absolute atomic E-state index is 8.09. The highest BCUT2D eigenvalue weighted by molar-refractivity contribution is 4.30. The molecule has 0 saturated carbocycles. The van der Waals surface area contributed by atoms with Crippen molar-refractivity contribution in [1.29, 1.82) is 0 Å². The molecule has 0 amide bonds. The molecule has 0 aromatic rings. The Morgan fingerprint density at radius 2 is 0.900 bits per heavy atom. The first-order valence-electron chi connectivity index (χ1n) is 3.03. The van der Waals surface area contributed by atoms with Crippen molar-refractivity contribution in [3.63, 3.8) is 0 Å². The largest absolute Gasteiger partial charge is 0.400 e. The first-order valence-corrected chi connectivity index (χ1v) is 3.03. The van der Waals surface area contributed by atoms with Crippen LogP contribution in [0.5, 0.6) is 0 Å². The molecule has 66 valence electrons. The number of hydrogen-bond acceptors (Lipinski definition) is 4. The van der Waals surface area contributed by atoms with Gasteiger partial charge in [0.25, 0.3) is 0 Å². The average molecular weight is 154 g/mol. The third-order valence-electron chi connectivity index (χ3n) is 0.566. The first-order chi connectivity index (χ1) is 4.91. The molecule has 4 N–H and O–H groups in total. The van der Waals surface area contributed by atoms with Crippen molar-refractivity contribution in [3.8, 4) is 0 Å². The lowest BCUT2D eigenvalue weighted by molar-refractivity contribution is 0.242. The van der Waals surface area contributed by atoms with E-state index in [0.717, 1.165) is 27.1 Å². The second-order valence-electron chi connectivity index (χ2n) is 1.15. The zero-order valence-corrected chi connectivity index (χ0v) is 6.62. The molecule has 0 radical (unpaired) electrons. The molecule has 0 unspecified atom stereocenters. The molecule has 0 fully saturated rings. The molecule has 0 spiro atoms. The predicted octanol–water partition coefficient (Wildman–Crippen LogP) is -1.03. The Morgan fingerprint density at radius 1 is 0.700 bits per heavy atom. The van der Waals surface area contributed by atoms with Gasteiger partial charge in [-0.1, -0.05) is 0 Å². The van der Waals surface area contributed by atoms with Gasteiger partial charge in [0.15, 0.2) is 0 Å². The van der Waals surface area contributed by atoms with E-state index < -0.39 is 0 Å². The zero-order valence-electron chi connectivity index (χ0n) is 6.62. The standard InChI is InChI=1S/C4H10O2.2CH4O/c5-3-1-2-4-6;2*1-2/h5-6H,1-4H2;2*2H,1H3. The fraction of sp³-hybridized carbons (Fsp3) is 1.00. The van der Waals surface area contributed by atoms with E-state index in [9.17, 15) is 0 Å². The van der Waals surface area contributed by atoms with Crippen molar-refractivity contribution in [1.82, 2.24) is 0 Å². The summed E-state index contributed by atoms with van der Waals surface area (Å²) in [6.45, 7) is 0.390. The Balaban J connectivity index is -0.000000105.